The van der Waals surface area contributed by atoms with Crippen LogP contribution in [0.5, 0.6) is 0 Å². The third-order valence-corrected chi connectivity index (χ3v) is 5.79. The maximum absolute atomic E-state index is 12.7. The molecule has 0 atom stereocenters. The SMILES string of the molecule is Cc1csc(Sc2ccc(C(=O)N(C)Cc3ccccn3)cc2[N+](=O)[O-])n1. The summed E-state index contributed by atoms with van der Waals surface area (Å²) in [6.07, 6.45) is 1.66. The first kappa shape index (κ1) is 19.0. The summed E-state index contributed by atoms with van der Waals surface area (Å²) >= 11 is 2.65. The number of aryl methyl sites for hydroxylation is 1. The molecule has 9 heteroatoms. The fraction of sp³-hybridized carbons (Fsp3) is 0.167. The molecule has 0 fully saturated rings. The number of benzene rings is 1. The number of pyridine rings is 1. The van der Waals surface area contributed by atoms with Crippen LogP contribution in [-0.2, 0) is 6.54 Å². The number of amides is 1. The van der Waals surface area contributed by atoms with Gasteiger partial charge in [-0.2, -0.15) is 0 Å². The molecular weight excluding hydrogens is 384 g/mol. The minimum absolute atomic E-state index is 0.107. The van der Waals surface area contributed by atoms with E-state index < -0.39 is 4.92 Å². The Labute approximate surface area is 164 Å². The van der Waals surface area contributed by atoms with Crippen molar-refractivity contribution in [3.8, 4) is 0 Å². The van der Waals surface area contributed by atoms with Gasteiger partial charge >= 0.3 is 0 Å². The minimum Gasteiger partial charge on any atom is -0.336 e. The molecular formula is C18H16N4O3S2. The maximum Gasteiger partial charge on any atom is 0.284 e. The van der Waals surface area contributed by atoms with Crippen LogP contribution in [0.15, 0.2) is 57.2 Å². The number of hydrogen-bond donors (Lipinski definition) is 0. The number of aromatic nitrogens is 2. The molecule has 0 aliphatic heterocycles. The molecule has 2 aromatic heterocycles. The standard InChI is InChI=1S/C18H16N4O3S2/c1-12-11-26-18(20-12)27-16-7-6-13(9-15(16)22(24)25)17(23)21(2)10-14-5-3-4-8-19-14/h3-9,11H,10H2,1-2H3. The van der Waals surface area contributed by atoms with Gasteiger partial charge in [-0.05, 0) is 31.2 Å². The Morgan fingerprint density at radius 2 is 2.15 bits per heavy atom. The summed E-state index contributed by atoms with van der Waals surface area (Å²) in [7, 11) is 1.64. The van der Waals surface area contributed by atoms with Crippen LogP contribution >= 0.6 is 23.1 Å². The van der Waals surface area contributed by atoms with Crippen molar-refractivity contribution in [1.29, 1.82) is 0 Å². The van der Waals surface area contributed by atoms with E-state index in [1.807, 2.05) is 24.4 Å². The second-order valence-corrected chi connectivity index (χ2v) is 7.93. The zero-order valence-electron chi connectivity index (χ0n) is 14.7. The van der Waals surface area contributed by atoms with Gasteiger partial charge in [0.05, 0.1) is 22.1 Å². The van der Waals surface area contributed by atoms with Gasteiger partial charge in [-0.3, -0.25) is 19.9 Å². The largest absolute Gasteiger partial charge is 0.336 e. The first-order valence-electron chi connectivity index (χ1n) is 7.98. The topological polar surface area (TPSA) is 89.2 Å². The van der Waals surface area contributed by atoms with Crippen LogP contribution in [-0.4, -0.2) is 32.7 Å². The Bertz CT molecular complexity index is 976. The van der Waals surface area contributed by atoms with E-state index in [9.17, 15) is 14.9 Å². The molecule has 138 valence electrons. The van der Waals surface area contributed by atoms with Crippen LogP contribution in [0.2, 0.25) is 0 Å². The van der Waals surface area contributed by atoms with Crippen LogP contribution in [0, 0.1) is 17.0 Å². The van der Waals surface area contributed by atoms with Crippen LogP contribution in [0.1, 0.15) is 21.7 Å². The molecule has 0 bridgehead atoms. The first-order chi connectivity index (χ1) is 12.9. The van der Waals surface area contributed by atoms with Gasteiger partial charge in [0.25, 0.3) is 11.6 Å². The first-order valence-corrected chi connectivity index (χ1v) is 9.67. The molecule has 0 unspecified atom stereocenters. The number of thiazole rings is 1. The normalized spacial score (nSPS) is 10.6. The van der Waals surface area contributed by atoms with Crippen molar-refractivity contribution in [2.45, 2.75) is 22.7 Å². The second kappa shape index (κ2) is 8.28. The van der Waals surface area contributed by atoms with Gasteiger partial charge in [0, 0.05) is 35.9 Å². The lowest BCUT2D eigenvalue weighted by molar-refractivity contribution is -0.387. The molecule has 1 aromatic carbocycles. The highest BCUT2D eigenvalue weighted by atomic mass is 32.2. The monoisotopic (exact) mass is 400 g/mol. The smallest absolute Gasteiger partial charge is 0.284 e. The Hall–Kier alpha value is -2.78. The Kier molecular flexibility index (Phi) is 5.82. The molecule has 0 saturated heterocycles. The van der Waals surface area contributed by atoms with Gasteiger partial charge in [0.15, 0.2) is 4.34 Å². The van der Waals surface area contributed by atoms with Crippen molar-refractivity contribution < 1.29 is 9.72 Å². The van der Waals surface area contributed by atoms with E-state index in [0.717, 1.165) is 15.7 Å². The predicted octanol–water partition coefficient (Wildman–Crippen LogP) is 4.18. The number of nitrogens with zero attached hydrogens (tertiary/aromatic N) is 4. The molecule has 0 radical (unpaired) electrons. The lowest BCUT2D eigenvalue weighted by atomic mass is 10.1. The molecule has 0 N–H and O–H groups in total. The van der Waals surface area contributed by atoms with Gasteiger partial charge in [0.2, 0.25) is 0 Å². The molecule has 1 amide bonds. The van der Waals surface area contributed by atoms with Gasteiger partial charge in [-0.25, -0.2) is 4.98 Å². The van der Waals surface area contributed by atoms with Gasteiger partial charge < -0.3 is 4.90 Å². The fourth-order valence-electron chi connectivity index (χ4n) is 2.38. The molecule has 2 heterocycles. The number of rotatable bonds is 6. The number of hydrogen-bond acceptors (Lipinski definition) is 7. The molecule has 0 aliphatic rings. The average Bonchev–Trinajstić information content (AvgIpc) is 3.07. The quantitative estimate of drug-likeness (QED) is 0.455. The Morgan fingerprint density at radius 1 is 1.33 bits per heavy atom. The Morgan fingerprint density at radius 3 is 2.78 bits per heavy atom. The van der Waals surface area contributed by atoms with Crippen molar-refractivity contribution in [3.05, 3.63) is 75.0 Å². The summed E-state index contributed by atoms with van der Waals surface area (Å²) < 4.78 is 0.724. The lowest BCUT2D eigenvalue weighted by Crippen LogP contribution is -2.26. The second-order valence-electron chi connectivity index (χ2n) is 5.78. The van der Waals surface area contributed by atoms with Crippen molar-refractivity contribution in [1.82, 2.24) is 14.9 Å². The number of carbonyl (C=O) groups is 1. The lowest BCUT2D eigenvalue weighted by Gasteiger charge is -2.17. The summed E-state index contributed by atoms with van der Waals surface area (Å²) in [5, 5.41) is 13.4. The number of nitro benzene ring substituents is 1. The van der Waals surface area contributed by atoms with E-state index >= 15 is 0 Å². The highest BCUT2D eigenvalue weighted by Gasteiger charge is 2.21. The van der Waals surface area contributed by atoms with E-state index in [2.05, 4.69) is 9.97 Å². The zero-order valence-corrected chi connectivity index (χ0v) is 16.3. The minimum atomic E-state index is -0.474. The van der Waals surface area contributed by atoms with Gasteiger partial charge in [-0.1, -0.05) is 17.8 Å². The summed E-state index contributed by atoms with van der Waals surface area (Å²) in [4.78, 5) is 34.1. The van der Waals surface area contributed by atoms with Crippen molar-refractivity contribution in [2.24, 2.45) is 0 Å². The highest BCUT2D eigenvalue weighted by molar-refractivity contribution is 8.01. The van der Waals surface area contributed by atoms with E-state index in [4.69, 9.17) is 0 Å². The summed E-state index contributed by atoms with van der Waals surface area (Å²) in [6.45, 7) is 2.19. The maximum atomic E-state index is 12.7. The van der Waals surface area contributed by atoms with Crippen LogP contribution in [0.3, 0.4) is 0 Å². The van der Waals surface area contributed by atoms with E-state index in [1.54, 1.807) is 31.4 Å². The number of carbonyl (C=O) groups excluding carboxylic acids is 1. The fourth-order valence-corrected chi connectivity index (χ4v) is 4.26. The van der Waals surface area contributed by atoms with Crippen LogP contribution in [0.25, 0.3) is 0 Å². The van der Waals surface area contributed by atoms with E-state index in [0.29, 0.717) is 11.4 Å². The molecule has 0 saturated carbocycles. The predicted molar refractivity (Wildman–Crippen MR) is 104 cm³/mol. The van der Waals surface area contributed by atoms with Gasteiger partial charge in [-0.15, -0.1) is 11.3 Å². The summed E-state index contributed by atoms with van der Waals surface area (Å²) in [5.74, 6) is -0.301. The van der Waals surface area contributed by atoms with E-state index in [-0.39, 0.29) is 17.2 Å². The molecule has 0 aliphatic carbocycles. The third-order valence-electron chi connectivity index (χ3n) is 3.67. The van der Waals surface area contributed by atoms with Crippen molar-refractivity contribution in [3.63, 3.8) is 0 Å². The molecule has 7 nitrogen and oxygen atoms in total. The molecule has 27 heavy (non-hydrogen) atoms. The number of nitro groups is 1. The zero-order chi connectivity index (χ0) is 19.4. The summed E-state index contributed by atoms with van der Waals surface area (Å²) in [6, 6.07) is 9.99. The Balaban J connectivity index is 1.82. The van der Waals surface area contributed by atoms with Crippen molar-refractivity contribution >= 4 is 34.7 Å². The summed E-state index contributed by atoms with van der Waals surface area (Å²) in [5.41, 5.74) is 1.77. The van der Waals surface area contributed by atoms with Crippen LogP contribution < -0.4 is 0 Å². The molecule has 3 aromatic rings. The molecule has 0 spiro atoms. The van der Waals surface area contributed by atoms with E-state index in [1.165, 1.54) is 34.1 Å². The molecule has 3 rings (SSSR count). The van der Waals surface area contributed by atoms with Crippen molar-refractivity contribution in [2.75, 3.05) is 7.05 Å². The third kappa shape index (κ3) is 4.69. The van der Waals surface area contributed by atoms with Crippen LogP contribution in [0.4, 0.5) is 5.69 Å². The van der Waals surface area contributed by atoms with Gasteiger partial charge in [0.1, 0.15) is 0 Å². The average molecular weight is 400 g/mol. The highest BCUT2D eigenvalue weighted by Crippen LogP contribution is 2.36.